The zero-order valence-corrected chi connectivity index (χ0v) is 12.5. The number of hydrogen-bond donors (Lipinski definition) is 2. The van der Waals surface area contributed by atoms with Crippen LogP contribution in [0.1, 0.15) is 5.56 Å². The first kappa shape index (κ1) is 12.5. The molecule has 96 valence electrons. The summed E-state index contributed by atoms with van der Waals surface area (Å²) in [6.45, 7) is 1.98. The van der Waals surface area contributed by atoms with Crippen molar-refractivity contribution in [3.8, 4) is 0 Å². The Morgan fingerprint density at radius 2 is 2.11 bits per heavy atom. The van der Waals surface area contributed by atoms with E-state index >= 15 is 0 Å². The average Bonchev–Trinajstić information content (AvgIpc) is 2.76. The maximum absolute atomic E-state index is 6.10. The quantitative estimate of drug-likeness (QED) is 0.689. The molecule has 1 aromatic heterocycles. The Labute approximate surface area is 124 Å². The fourth-order valence-electron chi connectivity index (χ4n) is 1.91. The second-order valence-electron chi connectivity index (χ2n) is 4.28. The lowest BCUT2D eigenvalue weighted by Crippen LogP contribution is -1.94. The van der Waals surface area contributed by atoms with E-state index in [2.05, 4.69) is 31.2 Å². The maximum Gasteiger partial charge on any atom is 0.205 e. The van der Waals surface area contributed by atoms with Gasteiger partial charge >= 0.3 is 0 Å². The molecule has 19 heavy (non-hydrogen) atoms. The highest BCUT2D eigenvalue weighted by molar-refractivity contribution is 9.10. The highest BCUT2D eigenvalue weighted by atomic mass is 79.9. The van der Waals surface area contributed by atoms with E-state index in [-0.39, 0.29) is 0 Å². The lowest BCUT2D eigenvalue weighted by Gasteiger charge is -2.07. The second-order valence-corrected chi connectivity index (χ2v) is 5.61. The Bertz CT molecular complexity index is 752. The molecule has 0 bridgehead atoms. The number of anilines is 2. The molecule has 0 spiro atoms. The molecule has 2 N–H and O–H groups in total. The van der Waals surface area contributed by atoms with Gasteiger partial charge in [-0.1, -0.05) is 33.6 Å². The molecule has 2 aromatic carbocycles. The van der Waals surface area contributed by atoms with Crippen molar-refractivity contribution in [1.29, 1.82) is 0 Å². The standard InChI is InChI=1S/C14H11BrClN3/c1-8-10(16)3-2-4-11(8)17-14-18-12-6-5-9(15)7-13(12)19-14/h2-7H,1H3,(H2,17,18,19). The van der Waals surface area contributed by atoms with Gasteiger partial charge in [0.2, 0.25) is 5.95 Å². The van der Waals surface area contributed by atoms with E-state index < -0.39 is 0 Å². The Balaban J connectivity index is 1.99. The van der Waals surface area contributed by atoms with Crippen LogP contribution in [0.3, 0.4) is 0 Å². The van der Waals surface area contributed by atoms with Crippen molar-refractivity contribution < 1.29 is 0 Å². The molecular formula is C14H11BrClN3. The summed E-state index contributed by atoms with van der Waals surface area (Å²) >= 11 is 9.55. The fourth-order valence-corrected chi connectivity index (χ4v) is 2.45. The molecule has 0 saturated carbocycles. The molecule has 3 nitrogen and oxygen atoms in total. The van der Waals surface area contributed by atoms with Crippen molar-refractivity contribution in [2.75, 3.05) is 5.32 Å². The Hall–Kier alpha value is -1.52. The SMILES string of the molecule is Cc1c(Cl)cccc1Nc1nc2ccc(Br)cc2[nH]1. The number of nitrogens with one attached hydrogen (secondary N) is 2. The van der Waals surface area contributed by atoms with Crippen LogP contribution in [0, 0.1) is 6.92 Å². The molecule has 0 radical (unpaired) electrons. The fraction of sp³-hybridized carbons (Fsp3) is 0.0714. The number of fused-ring (bicyclic) bond motifs is 1. The minimum atomic E-state index is 0.707. The monoisotopic (exact) mass is 335 g/mol. The minimum Gasteiger partial charge on any atom is -0.325 e. The topological polar surface area (TPSA) is 40.7 Å². The van der Waals surface area contributed by atoms with Crippen LogP contribution in [0.4, 0.5) is 11.6 Å². The van der Waals surface area contributed by atoms with Crippen LogP contribution >= 0.6 is 27.5 Å². The van der Waals surface area contributed by atoms with Crippen LogP contribution < -0.4 is 5.32 Å². The predicted octanol–water partition coefficient (Wildman–Crippen LogP) is 5.03. The third kappa shape index (κ3) is 2.46. The van der Waals surface area contributed by atoms with Crippen molar-refractivity contribution in [3.63, 3.8) is 0 Å². The number of nitrogens with zero attached hydrogens (tertiary/aromatic N) is 1. The molecule has 0 saturated heterocycles. The van der Waals surface area contributed by atoms with E-state index in [9.17, 15) is 0 Å². The van der Waals surface area contributed by atoms with Gasteiger partial charge in [-0.05, 0) is 42.8 Å². The van der Waals surface area contributed by atoms with Gasteiger partial charge < -0.3 is 10.3 Å². The molecule has 0 atom stereocenters. The number of aromatic nitrogens is 2. The lowest BCUT2D eigenvalue weighted by molar-refractivity contribution is 1.29. The highest BCUT2D eigenvalue weighted by Crippen LogP contribution is 2.26. The van der Waals surface area contributed by atoms with Crippen molar-refractivity contribution in [1.82, 2.24) is 9.97 Å². The van der Waals surface area contributed by atoms with Crippen LogP contribution in [0.2, 0.25) is 5.02 Å². The molecule has 0 unspecified atom stereocenters. The Morgan fingerprint density at radius 1 is 1.26 bits per heavy atom. The van der Waals surface area contributed by atoms with Crippen molar-refractivity contribution in [2.45, 2.75) is 6.92 Å². The minimum absolute atomic E-state index is 0.707. The van der Waals surface area contributed by atoms with E-state index in [0.29, 0.717) is 5.95 Å². The van der Waals surface area contributed by atoms with E-state index in [0.717, 1.165) is 31.8 Å². The first-order valence-corrected chi connectivity index (χ1v) is 6.98. The maximum atomic E-state index is 6.10. The van der Waals surface area contributed by atoms with Crippen LogP contribution in [0.25, 0.3) is 11.0 Å². The number of aromatic amines is 1. The largest absolute Gasteiger partial charge is 0.325 e. The van der Waals surface area contributed by atoms with Gasteiger partial charge in [-0.15, -0.1) is 0 Å². The van der Waals surface area contributed by atoms with Crippen molar-refractivity contribution in [2.24, 2.45) is 0 Å². The second kappa shape index (κ2) is 4.87. The molecule has 0 aliphatic heterocycles. The lowest BCUT2D eigenvalue weighted by atomic mass is 10.2. The molecule has 3 aromatic rings. The smallest absolute Gasteiger partial charge is 0.205 e. The van der Waals surface area contributed by atoms with Gasteiger partial charge in [0.25, 0.3) is 0 Å². The van der Waals surface area contributed by atoms with E-state index in [1.807, 2.05) is 43.3 Å². The van der Waals surface area contributed by atoms with Gasteiger partial charge in [0.15, 0.2) is 0 Å². The summed E-state index contributed by atoms with van der Waals surface area (Å²) in [7, 11) is 0. The van der Waals surface area contributed by atoms with Gasteiger partial charge in [0.05, 0.1) is 11.0 Å². The van der Waals surface area contributed by atoms with Gasteiger partial charge in [0, 0.05) is 15.2 Å². The first-order valence-electron chi connectivity index (χ1n) is 5.81. The molecule has 5 heteroatoms. The van der Waals surface area contributed by atoms with Crippen LogP contribution in [0.5, 0.6) is 0 Å². The Morgan fingerprint density at radius 3 is 2.95 bits per heavy atom. The molecule has 3 rings (SSSR count). The van der Waals surface area contributed by atoms with Crippen LogP contribution in [-0.4, -0.2) is 9.97 Å². The number of halogens is 2. The molecular weight excluding hydrogens is 326 g/mol. The number of benzene rings is 2. The van der Waals surface area contributed by atoms with Gasteiger partial charge in [-0.2, -0.15) is 0 Å². The third-order valence-corrected chi connectivity index (χ3v) is 3.87. The zero-order valence-electron chi connectivity index (χ0n) is 10.2. The number of rotatable bonds is 2. The van der Waals surface area contributed by atoms with E-state index in [1.54, 1.807) is 0 Å². The summed E-state index contributed by atoms with van der Waals surface area (Å²) in [5.41, 5.74) is 3.86. The first-order chi connectivity index (χ1) is 9.13. The molecule has 0 amide bonds. The summed E-state index contributed by atoms with van der Waals surface area (Å²) in [6.07, 6.45) is 0. The van der Waals surface area contributed by atoms with Gasteiger partial charge in [0.1, 0.15) is 0 Å². The summed E-state index contributed by atoms with van der Waals surface area (Å²) in [4.78, 5) is 7.73. The summed E-state index contributed by atoms with van der Waals surface area (Å²) < 4.78 is 1.02. The summed E-state index contributed by atoms with van der Waals surface area (Å²) in [5, 5.41) is 4.00. The van der Waals surface area contributed by atoms with Gasteiger partial charge in [-0.3, -0.25) is 0 Å². The Kier molecular flexibility index (Phi) is 3.21. The van der Waals surface area contributed by atoms with Gasteiger partial charge in [-0.25, -0.2) is 4.98 Å². The zero-order chi connectivity index (χ0) is 13.4. The number of hydrogen-bond acceptors (Lipinski definition) is 2. The number of imidazole rings is 1. The molecule has 1 heterocycles. The van der Waals surface area contributed by atoms with Crippen LogP contribution in [-0.2, 0) is 0 Å². The van der Waals surface area contributed by atoms with E-state index in [4.69, 9.17) is 11.6 Å². The predicted molar refractivity (Wildman–Crippen MR) is 83.3 cm³/mol. The average molecular weight is 337 g/mol. The molecule has 0 fully saturated rings. The summed E-state index contributed by atoms with van der Waals surface area (Å²) in [5.74, 6) is 0.707. The summed E-state index contributed by atoms with van der Waals surface area (Å²) in [6, 6.07) is 11.7. The van der Waals surface area contributed by atoms with Crippen LogP contribution in [0.15, 0.2) is 40.9 Å². The third-order valence-electron chi connectivity index (χ3n) is 2.96. The number of H-pyrrole nitrogens is 1. The van der Waals surface area contributed by atoms with E-state index in [1.165, 1.54) is 0 Å². The highest BCUT2D eigenvalue weighted by Gasteiger charge is 2.06. The van der Waals surface area contributed by atoms with Crippen molar-refractivity contribution in [3.05, 3.63) is 51.5 Å². The van der Waals surface area contributed by atoms with Crippen molar-refractivity contribution >= 4 is 50.2 Å². The normalized spacial score (nSPS) is 10.9. The molecule has 0 aliphatic rings. The molecule has 0 aliphatic carbocycles.